The second-order valence-electron chi connectivity index (χ2n) is 6.71. The van der Waals surface area contributed by atoms with Gasteiger partial charge in [0, 0.05) is 35.1 Å². The van der Waals surface area contributed by atoms with Crippen LogP contribution < -0.4 is 5.32 Å². The molecule has 2 amide bonds. The maximum atomic E-state index is 13.7. The number of hydrogen-bond donors (Lipinski definition) is 1. The number of benzene rings is 2. The molecule has 0 atom stereocenters. The highest BCUT2D eigenvalue weighted by Gasteiger charge is 2.18. The molecule has 1 fully saturated rings. The van der Waals surface area contributed by atoms with Gasteiger partial charge in [-0.15, -0.1) is 11.8 Å². The number of anilines is 1. The Morgan fingerprint density at radius 1 is 1.07 bits per heavy atom. The van der Waals surface area contributed by atoms with Crippen molar-refractivity contribution < 1.29 is 14.0 Å². The monoisotopic (exact) mass is 420 g/mol. The van der Waals surface area contributed by atoms with Gasteiger partial charge in [0.1, 0.15) is 5.82 Å². The SMILES string of the molecule is O=C(CSCc1ccc(Cl)cc1F)Nc1ccc(C(=O)N2CCCCC2)cc1. The molecule has 2 aromatic rings. The largest absolute Gasteiger partial charge is 0.339 e. The normalized spacial score (nSPS) is 14.0. The fourth-order valence-electron chi connectivity index (χ4n) is 3.07. The molecule has 7 heteroatoms. The Morgan fingerprint density at radius 2 is 1.79 bits per heavy atom. The van der Waals surface area contributed by atoms with Gasteiger partial charge in [0.05, 0.1) is 5.75 Å². The topological polar surface area (TPSA) is 49.4 Å². The van der Waals surface area contributed by atoms with Gasteiger partial charge in [-0.1, -0.05) is 17.7 Å². The van der Waals surface area contributed by atoms with Gasteiger partial charge in [0.15, 0.2) is 0 Å². The maximum absolute atomic E-state index is 13.7. The lowest BCUT2D eigenvalue weighted by Gasteiger charge is -2.26. The van der Waals surface area contributed by atoms with Gasteiger partial charge in [0.2, 0.25) is 5.91 Å². The number of halogens is 2. The summed E-state index contributed by atoms with van der Waals surface area (Å²) in [6, 6.07) is 11.5. The molecular formula is C21H22ClFN2O2S. The summed E-state index contributed by atoms with van der Waals surface area (Å²) in [6.45, 7) is 1.62. The van der Waals surface area contributed by atoms with Crippen LogP contribution >= 0.6 is 23.4 Å². The van der Waals surface area contributed by atoms with Crippen LogP contribution in [0.2, 0.25) is 5.02 Å². The molecule has 1 N–H and O–H groups in total. The van der Waals surface area contributed by atoms with Crippen molar-refractivity contribution in [1.29, 1.82) is 0 Å². The zero-order chi connectivity index (χ0) is 19.9. The van der Waals surface area contributed by atoms with E-state index in [9.17, 15) is 14.0 Å². The van der Waals surface area contributed by atoms with Gasteiger partial charge in [-0.3, -0.25) is 9.59 Å². The molecule has 148 valence electrons. The minimum atomic E-state index is -0.366. The van der Waals surface area contributed by atoms with Crippen LogP contribution in [0, 0.1) is 5.82 Å². The van der Waals surface area contributed by atoms with Crippen molar-refractivity contribution in [3.63, 3.8) is 0 Å². The standard InChI is InChI=1S/C21H22ClFN2O2S/c22-17-7-4-16(19(23)12-17)13-28-14-20(26)24-18-8-5-15(6-9-18)21(27)25-10-2-1-3-11-25/h4-9,12H,1-3,10-11,13-14H2,(H,24,26). The summed E-state index contributed by atoms with van der Waals surface area (Å²) in [6.07, 6.45) is 3.28. The first-order valence-electron chi connectivity index (χ1n) is 9.24. The molecule has 1 saturated heterocycles. The molecule has 0 aliphatic carbocycles. The quantitative estimate of drug-likeness (QED) is 0.717. The fraction of sp³-hybridized carbons (Fsp3) is 0.333. The van der Waals surface area contributed by atoms with E-state index in [0.717, 1.165) is 25.9 Å². The fourth-order valence-corrected chi connectivity index (χ4v) is 4.04. The van der Waals surface area contributed by atoms with Crippen LogP contribution in [0.25, 0.3) is 0 Å². The number of thioether (sulfide) groups is 1. The van der Waals surface area contributed by atoms with Crippen molar-refractivity contribution in [2.24, 2.45) is 0 Å². The van der Waals surface area contributed by atoms with Gasteiger partial charge in [-0.05, 0) is 61.2 Å². The van der Waals surface area contributed by atoms with Gasteiger partial charge in [0.25, 0.3) is 5.91 Å². The molecule has 1 aliphatic rings. The summed E-state index contributed by atoms with van der Waals surface area (Å²) in [5, 5.41) is 3.15. The number of amides is 2. The van der Waals surface area contributed by atoms with Crippen molar-refractivity contribution in [1.82, 2.24) is 4.90 Å². The number of rotatable bonds is 6. The molecule has 3 rings (SSSR count). The number of piperidine rings is 1. The van der Waals surface area contributed by atoms with Gasteiger partial charge < -0.3 is 10.2 Å². The third kappa shape index (κ3) is 5.72. The lowest BCUT2D eigenvalue weighted by Crippen LogP contribution is -2.35. The Bertz CT molecular complexity index is 839. The van der Waals surface area contributed by atoms with Gasteiger partial charge in [-0.25, -0.2) is 4.39 Å². The predicted molar refractivity (Wildman–Crippen MR) is 112 cm³/mol. The van der Waals surface area contributed by atoms with Crippen molar-refractivity contribution in [2.75, 3.05) is 24.2 Å². The average molecular weight is 421 g/mol. The zero-order valence-corrected chi connectivity index (χ0v) is 17.0. The van der Waals surface area contributed by atoms with E-state index in [0.29, 0.717) is 27.6 Å². The number of likely N-dealkylation sites (tertiary alicyclic amines) is 1. The molecule has 0 radical (unpaired) electrons. The van der Waals surface area contributed by atoms with E-state index in [4.69, 9.17) is 11.6 Å². The third-order valence-corrected chi connectivity index (χ3v) is 5.78. The zero-order valence-electron chi connectivity index (χ0n) is 15.4. The molecule has 2 aromatic carbocycles. The van der Waals surface area contributed by atoms with E-state index in [1.54, 1.807) is 36.4 Å². The first-order valence-corrected chi connectivity index (χ1v) is 10.8. The number of nitrogens with zero attached hydrogens (tertiary/aromatic N) is 1. The molecule has 1 heterocycles. The Balaban J connectivity index is 1.46. The molecule has 0 saturated carbocycles. The minimum absolute atomic E-state index is 0.0399. The molecule has 1 aliphatic heterocycles. The molecule has 0 unspecified atom stereocenters. The van der Waals surface area contributed by atoms with Crippen molar-refractivity contribution in [3.05, 3.63) is 64.4 Å². The van der Waals surface area contributed by atoms with Crippen molar-refractivity contribution >= 4 is 40.9 Å². The highest BCUT2D eigenvalue weighted by Crippen LogP contribution is 2.20. The highest BCUT2D eigenvalue weighted by molar-refractivity contribution is 7.99. The number of carbonyl (C=O) groups excluding carboxylic acids is 2. The number of nitrogens with one attached hydrogen (secondary N) is 1. The number of carbonyl (C=O) groups is 2. The summed E-state index contributed by atoms with van der Waals surface area (Å²) in [7, 11) is 0. The summed E-state index contributed by atoms with van der Waals surface area (Å²) in [4.78, 5) is 26.4. The lowest BCUT2D eigenvalue weighted by atomic mass is 10.1. The second kappa shape index (κ2) is 9.94. The second-order valence-corrected chi connectivity index (χ2v) is 8.13. The van der Waals surface area contributed by atoms with Crippen LogP contribution in [-0.4, -0.2) is 35.6 Å². The van der Waals surface area contributed by atoms with E-state index in [2.05, 4.69) is 5.32 Å². The van der Waals surface area contributed by atoms with E-state index in [-0.39, 0.29) is 23.4 Å². The lowest BCUT2D eigenvalue weighted by molar-refractivity contribution is -0.113. The molecular weight excluding hydrogens is 399 g/mol. The van der Waals surface area contributed by atoms with Crippen LogP contribution in [0.4, 0.5) is 10.1 Å². The van der Waals surface area contributed by atoms with Crippen LogP contribution in [0.5, 0.6) is 0 Å². The van der Waals surface area contributed by atoms with Crippen LogP contribution in [0.15, 0.2) is 42.5 Å². The predicted octanol–water partition coefficient (Wildman–Crippen LogP) is 4.98. The molecule has 0 spiro atoms. The van der Waals surface area contributed by atoms with Crippen molar-refractivity contribution in [3.8, 4) is 0 Å². The van der Waals surface area contributed by atoms with E-state index in [1.165, 1.54) is 24.2 Å². The van der Waals surface area contributed by atoms with Crippen LogP contribution in [0.1, 0.15) is 35.2 Å². The number of hydrogen-bond acceptors (Lipinski definition) is 3. The Hall–Kier alpha value is -2.05. The van der Waals surface area contributed by atoms with Crippen LogP contribution in [-0.2, 0) is 10.5 Å². The first-order chi connectivity index (χ1) is 13.5. The van der Waals surface area contributed by atoms with Crippen molar-refractivity contribution in [2.45, 2.75) is 25.0 Å². The molecule has 0 aromatic heterocycles. The molecule has 4 nitrogen and oxygen atoms in total. The highest BCUT2D eigenvalue weighted by atomic mass is 35.5. The van der Waals surface area contributed by atoms with Gasteiger partial charge in [-0.2, -0.15) is 0 Å². The van der Waals surface area contributed by atoms with E-state index in [1.807, 2.05) is 4.90 Å². The average Bonchev–Trinajstić information content (AvgIpc) is 2.70. The minimum Gasteiger partial charge on any atom is -0.339 e. The summed E-state index contributed by atoms with van der Waals surface area (Å²) in [5.41, 5.74) is 1.79. The van der Waals surface area contributed by atoms with Gasteiger partial charge >= 0.3 is 0 Å². The maximum Gasteiger partial charge on any atom is 0.253 e. The summed E-state index contributed by atoms with van der Waals surface area (Å²) < 4.78 is 13.7. The molecule has 0 bridgehead atoms. The summed E-state index contributed by atoms with van der Waals surface area (Å²) >= 11 is 7.06. The summed E-state index contributed by atoms with van der Waals surface area (Å²) in [5.74, 6) is 0.0953. The Morgan fingerprint density at radius 3 is 2.46 bits per heavy atom. The smallest absolute Gasteiger partial charge is 0.253 e. The van der Waals surface area contributed by atoms with Crippen LogP contribution in [0.3, 0.4) is 0 Å². The van der Waals surface area contributed by atoms with E-state index < -0.39 is 0 Å². The Kier molecular flexibility index (Phi) is 7.34. The van der Waals surface area contributed by atoms with E-state index >= 15 is 0 Å². The molecule has 28 heavy (non-hydrogen) atoms. The Labute approximate surface area is 173 Å². The first kappa shape index (κ1) is 20.7. The third-order valence-electron chi connectivity index (χ3n) is 4.56.